The highest BCUT2D eigenvalue weighted by atomic mass is 127. The fourth-order valence-electron chi connectivity index (χ4n) is 1.23. The first-order valence-corrected chi connectivity index (χ1v) is 5.10. The van der Waals surface area contributed by atoms with Crippen LogP contribution in [0.3, 0.4) is 0 Å². The summed E-state index contributed by atoms with van der Waals surface area (Å²) >= 11 is 2.30. The van der Waals surface area contributed by atoms with Gasteiger partial charge in [0.2, 0.25) is 0 Å². The lowest BCUT2D eigenvalue weighted by Crippen LogP contribution is -1.92. The van der Waals surface area contributed by atoms with Gasteiger partial charge in [0.15, 0.2) is 0 Å². The molecule has 0 saturated heterocycles. The van der Waals surface area contributed by atoms with Crippen LogP contribution in [0.2, 0.25) is 0 Å². The van der Waals surface area contributed by atoms with Crippen molar-refractivity contribution in [3.05, 3.63) is 40.2 Å². The molecule has 2 rings (SSSR count). The molecule has 66 valence electrons. The molecule has 0 N–H and O–H groups in total. The van der Waals surface area contributed by atoms with E-state index < -0.39 is 0 Å². The molecule has 0 aliphatic carbocycles. The second-order valence-electron chi connectivity index (χ2n) is 2.84. The van der Waals surface area contributed by atoms with Crippen molar-refractivity contribution < 1.29 is 0 Å². The third-order valence-electron chi connectivity index (χ3n) is 1.95. The molecule has 2 aromatic rings. The average molecular weight is 284 g/mol. The van der Waals surface area contributed by atoms with Crippen LogP contribution in [0.4, 0.5) is 0 Å². The molecule has 1 aromatic heterocycles. The lowest BCUT2D eigenvalue weighted by atomic mass is 10.1. The van der Waals surface area contributed by atoms with E-state index in [4.69, 9.17) is 0 Å². The number of benzene rings is 1. The van der Waals surface area contributed by atoms with Crippen molar-refractivity contribution in [2.75, 3.05) is 0 Å². The SMILES string of the molecule is Cn1ncc(-c2ccccc2)c1I. The van der Waals surface area contributed by atoms with E-state index in [0.717, 1.165) is 0 Å². The molecule has 1 heterocycles. The highest BCUT2D eigenvalue weighted by Gasteiger charge is 2.05. The first kappa shape index (κ1) is 8.74. The Morgan fingerprint density at radius 2 is 1.92 bits per heavy atom. The van der Waals surface area contributed by atoms with E-state index >= 15 is 0 Å². The second-order valence-corrected chi connectivity index (χ2v) is 3.86. The molecule has 13 heavy (non-hydrogen) atoms. The molecule has 0 bridgehead atoms. The summed E-state index contributed by atoms with van der Waals surface area (Å²) in [5.74, 6) is 0. The quantitative estimate of drug-likeness (QED) is 0.736. The minimum Gasteiger partial charge on any atom is -0.262 e. The van der Waals surface area contributed by atoms with Gasteiger partial charge in [0.25, 0.3) is 0 Å². The van der Waals surface area contributed by atoms with Crippen molar-refractivity contribution in [2.24, 2.45) is 7.05 Å². The van der Waals surface area contributed by atoms with Gasteiger partial charge >= 0.3 is 0 Å². The molecule has 0 spiro atoms. The first-order valence-electron chi connectivity index (χ1n) is 4.02. The van der Waals surface area contributed by atoms with E-state index in [1.807, 2.05) is 36.1 Å². The number of rotatable bonds is 1. The molecule has 3 heteroatoms. The zero-order valence-corrected chi connectivity index (χ0v) is 9.39. The maximum atomic E-state index is 4.20. The largest absolute Gasteiger partial charge is 0.262 e. The van der Waals surface area contributed by atoms with Crippen LogP contribution in [0.1, 0.15) is 0 Å². The number of halogens is 1. The highest BCUT2D eigenvalue weighted by molar-refractivity contribution is 14.1. The predicted octanol–water partition coefficient (Wildman–Crippen LogP) is 2.69. The monoisotopic (exact) mass is 284 g/mol. The van der Waals surface area contributed by atoms with Gasteiger partial charge in [0.05, 0.1) is 6.20 Å². The van der Waals surface area contributed by atoms with Crippen LogP contribution in [0.5, 0.6) is 0 Å². The zero-order chi connectivity index (χ0) is 9.26. The van der Waals surface area contributed by atoms with Crippen molar-refractivity contribution in [3.63, 3.8) is 0 Å². The topological polar surface area (TPSA) is 17.8 Å². The van der Waals surface area contributed by atoms with Gasteiger partial charge in [-0.15, -0.1) is 0 Å². The normalized spacial score (nSPS) is 10.3. The summed E-state index contributed by atoms with van der Waals surface area (Å²) in [6, 6.07) is 10.3. The van der Waals surface area contributed by atoms with Gasteiger partial charge in [-0.1, -0.05) is 30.3 Å². The van der Waals surface area contributed by atoms with Crippen LogP contribution in [0.25, 0.3) is 11.1 Å². The van der Waals surface area contributed by atoms with Crippen LogP contribution >= 0.6 is 22.6 Å². The minimum atomic E-state index is 1.17. The van der Waals surface area contributed by atoms with Crippen LogP contribution in [0, 0.1) is 3.70 Å². The Morgan fingerprint density at radius 1 is 1.23 bits per heavy atom. The summed E-state index contributed by atoms with van der Waals surface area (Å²) in [5.41, 5.74) is 2.42. The van der Waals surface area contributed by atoms with Gasteiger partial charge in [-0.3, -0.25) is 4.68 Å². The van der Waals surface area contributed by atoms with Crippen molar-refractivity contribution in [3.8, 4) is 11.1 Å². The Morgan fingerprint density at radius 3 is 2.46 bits per heavy atom. The number of nitrogens with zero attached hydrogens (tertiary/aromatic N) is 2. The lowest BCUT2D eigenvalue weighted by molar-refractivity contribution is 0.748. The number of hydrogen-bond acceptors (Lipinski definition) is 1. The van der Waals surface area contributed by atoms with Gasteiger partial charge in [-0.2, -0.15) is 5.10 Å². The fraction of sp³-hybridized carbons (Fsp3) is 0.100. The number of aryl methyl sites for hydroxylation is 1. The summed E-state index contributed by atoms with van der Waals surface area (Å²) in [6.45, 7) is 0. The van der Waals surface area contributed by atoms with Crippen LogP contribution < -0.4 is 0 Å². The molecule has 0 radical (unpaired) electrons. The van der Waals surface area contributed by atoms with Crippen molar-refractivity contribution in [1.82, 2.24) is 9.78 Å². The number of aromatic nitrogens is 2. The minimum absolute atomic E-state index is 1.17. The molecule has 0 unspecified atom stereocenters. The van der Waals surface area contributed by atoms with Gasteiger partial charge in [-0.05, 0) is 28.2 Å². The highest BCUT2D eigenvalue weighted by Crippen LogP contribution is 2.23. The van der Waals surface area contributed by atoms with Crippen molar-refractivity contribution in [2.45, 2.75) is 0 Å². The molecule has 0 amide bonds. The van der Waals surface area contributed by atoms with Gasteiger partial charge < -0.3 is 0 Å². The standard InChI is InChI=1S/C10H9IN2/c1-13-10(11)9(7-12-13)8-5-3-2-4-6-8/h2-7H,1H3. The Labute approximate surface area is 90.7 Å². The summed E-state index contributed by atoms with van der Waals surface area (Å²) < 4.78 is 3.05. The van der Waals surface area contributed by atoms with Gasteiger partial charge in [0, 0.05) is 12.6 Å². The maximum absolute atomic E-state index is 4.20. The molecule has 0 aliphatic rings. The third-order valence-corrected chi connectivity index (χ3v) is 3.23. The Hall–Kier alpha value is -0.840. The van der Waals surface area contributed by atoms with E-state index in [9.17, 15) is 0 Å². The second kappa shape index (κ2) is 3.49. The smallest absolute Gasteiger partial charge is 0.106 e. The summed E-state index contributed by atoms with van der Waals surface area (Å²) in [4.78, 5) is 0. The lowest BCUT2D eigenvalue weighted by Gasteiger charge is -1.97. The predicted molar refractivity (Wildman–Crippen MR) is 61.4 cm³/mol. The molecule has 2 nitrogen and oxygen atoms in total. The summed E-state index contributed by atoms with van der Waals surface area (Å²) in [5, 5.41) is 4.20. The Bertz CT molecular complexity index is 406. The van der Waals surface area contributed by atoms with E-state index in [-0.39, 0.29) is 0 Å². The number of hydrogen-bond donors (Lipinski definition) is 0. The Balaban J connectivity index is 2.53. The average Bonchev–Trinajstić information content (AvgIpc) is 2.49. The first-order chi connectivity index (χ1) is 6.29. The molecular weight excluding hydrogens is 275 g/mol. The molecular formula is C10H9IN2. The van der Waals surface area contributed by atoms with Gasteiger partial charge in [0.1, 0.15) is 3.70 Å². The van der Waals surface area contributed by atoms with E-state index in [1.54, 1.807) is 0 Å². The van der Waals surface area contributed by atoms with E-state index in [2.05, 4.69) is 39.8 Å². The van der Waals surface area contributed by atoms with Crippen LogP contribution in [0.15, 0.2) is 36.5 Å². The van der Waals surface area contributed by atoms with Crippen LogP contribution in [-0.4, -0.2) is 9.78 Å². The molecule has 0 aliphatic heterocycles. The Kier molecular flexibility index (Phi) is 2.35. The summed E-state index contributed by atoms with van der Waals surface area (Å²) in [7, 11) is 1.95. The summed E-state index contributed by atoms with van der Waals surface area (Å²) in [6.07, 6.45) is 1.90. The molecule has 0 fully saturated rings. The van der Waals surface area contributed by atoms with Crippen LogP contribution in [-0.2, 0) is 7.05 Å². The molecule has 1 aromatic carbocycles. The third kappa shape index (κ3) is 1.60. The van der Waals surface area contributed by atoms with E-state index in [0.29, 0.717) is 0 Å². The zero-order valence-electron chi connectivity index (χ0n) is 7.24. The molecule has 0 atom stereocenters. The molecule has 0 saturated carbocycles. The fourth-order valence-corrected chi connectivity index (χ4v) is 1.81. The van der Waals surface area contributed by atoms with E-state index in [1.165, 1.54) is 14.8 Å². The van der Waals surface area contributed by atoms with Crippen molar-refractivity contribution >= 4 is 22.6 Å². The van der Waals surface area contributed by atoms with Crippen molar-refractivity contribution in [1.29, 1.82) is 0 Å². The maximum Gasteiger partial charge on any atom is 0.106 e. The van der Waals surface area contributed by atoms with Gasteiger partial charge in [-0.25, -0.2) is 0 Å².